The van der Waals surface area contributed by atoms with Crippen LogP contribution in [0, 0.1) is 0 Å². The molecule has 1 saturated heterocycles. The summed E-state index contributed by atoms with van der Waals surface area (Å²) in [6.07, 6.45) is -2.35. The Labute approximate surface area is 169 Å². The molecule has 1 aliphatic heterocycles. The molecule has 2 atom stereocenters. The van der Waals surface area contributed by atoms with E-state index < -0.39 is 29.7 Å². The lowest BCUT2D eigenvalue weighted by atomic mass is 10.0. The Morgan fingerprint density at radius 3 is 2.57 bits per heavy atom. The van der Waals surface area contributed by atoms with Crippen LogP contribution in [0.4, 0.5) is 13.6 Å². The van der Waals surface area contributed by atoms with Crippen molar-refractivity contribution in [1.29, 1.82) is 0 Å². The molecule has 1 heterocycles. The lowest BCUT2D eigenvalue weighted by molar-refractivity contribution is -0.123. The first-order chi connectivity index (χ1) is 13.0. The van der Waals surface area contributed by atoms with E-state index in [4.69, 9.17) is 16.3 Å². The summed E-state index contributed by atoms with van der Waals surface area (Å²) in [4.78, 5) is 26.0. The Morgan fingerprint density at radius 1 is 1.29 bits per heavy atom. The molecule has 1 aliphatic rings. The quantitative estimate of drug-likeness (QED) is 0.618. The van der Waals surface area contributed by atoms with Crippen molar-refractivity contribution in [3.63, 3.8) is 0 Å². The number of rotatable bonds is 5. The van der Waals surface area contributed by atoms with E-state index in [0.717, 1.165) is 4.90 Å². The summed E-state index contributed by atoms with van der Waals surface area (Å²) in [5.74, 6) is -0.811. The van der Waals surface area contributed by atoms with Crippen molar-refractivity contribution in [1.82, 2.24) is 4.90 Å². The molecule has 0 spiro atoms. The molecule has 1 fully saturated rings. The van der Waals surface area contributed by atoms with E-state index in [-0.39, 0.29) is 31.6 Å². The third-order valence-corrected chi connectivity index (χ3v) is 4.74. The van der Waals surface area contributed by atoms with Crippen molar-refractivity contribution < 1.29 is 23.1 Å². The molecule has 0 bridgehead atoms. The highest BCUT2D eigenvalue weighted by atomic mass is 35.5. The van der Waals surface area contributed by atoms with Gasteiger partial charge in [-0.1, -0.05) is 23.7 Å². The number of allylic oxidation sites excluding steroid dienone is 2. The number of ether oxygens (including phenoxy) is 1. The number of hydrogen-bond donors (Lipinski definition) is 0. The Bertz CT molecular complexity index is 773. The SMILES string of the molecule is C/C(=C(\F)CCC(=O)[C@@H]1C[C@@H](F)CN1C(=O)OC(C)(C)C)c1cccc(Cl)c1. The number of nitrogens with zero attached hydrogens (tertiary/aromatic N) is 1. The predicted molar refractivity (Wildman–Crippen MR) is 106 cm³/mol. The summed E-state index contributed by atoms with van der Waals surface area (Å²) >= 11 is 5.93. The molecule has 1 amide bonds. The first kappa shape index (κ1) is 22.3. The molecule has 154 valence electrons. The zero-order chi connectivity index (χ0) is 21.1. The summed E-state index contributed by atoms with van der Waals surface area (Å²) < 4.78 is 33.6. The summed E-state index contributed by atoms with van der Waals surface area (Å²) in [6.45, 7) is 6.52. The second kappa shape index (κ2) is 9.03. The fourth-order valence-corrected chi connectivity index (χ4v) is 3.27. The second-order valence-corrected chi connectivity index (χ2v) is 8.42. The van der Waals surface area contributed by atoms with Crippen LogP contribution in [-0.4, -0.2) is 41.1 Å². The third kappa shape index (κ3) is 6.03. The normalized spacial score (nSPS) is 20.8. The molecule has 0 aromatic heterocycles. The monoisotopic (exact) mass is 413 g/mol. The van der Waals surface area contributed by atoms with Crippen molar-refractivity contribution in [3.05, 3.63) is 40.7 Å². The van der Waals surface area contributed by atoms with Gasteiger partial charge in [0.05, 0.1) is 12.6 Å². The molecule has 1 aromatic rings. The zero-order valence-electron chi connectivity index (χ0n) is 16.6. The molecule has 0 radical (unpaired) electrons. The van der Waals surface area contributed by atoms with E-state index >= 15 is 0 Å². The van der Waals surface area contributed by atoms with Crippen LogP contribution >= 0.6 is 11.6 Å². The molecule has 7 heteroatoms. The lowest BCUT2D eigenvalue weighted by Gasteiger charge is -2.27. The van der Waals surface area contributed by atoms with Gasteiger partial charge in [-0.3, -0.25) is 9.69 Å². The number of ketones is 1. The number of likely N-dealkylation sites (tertiary alicyclic amines) is 1. The average molecular weight is 414 g/mol. The standard InChI is InChI=1S/C21H26ClF2NO3/c1-13(14-6-5-7-15(22)10-14)17(24)8-9-19(26)18-11-16(23)12-25(18)20(27)28-21(2,3)4/h5-7,10,16,18H,8-9,11-12H2,1-4H3/b17-13+/t16-,18+/m1/s1. The van der Waals surface area contributed by atoms with Gasteiger partial charge in [-0.25, -0.2) is 13.6 Å². The number of halogens is 3. The average Bonchev–Trinajstić information content (AvgIpc) is 2.99. The van der Waals surface area contributed by atoms with E-state index in [1.165, 1.54) is 0 Å². The van der Waals surface area contributed by atoms with Gasteiger partial charge in [0.25, 0.3) is 0 Å². The summed E-state index contributed by atoms with van der Waals surface area (Å²) in [6, 6.07) is 5.87. The van der Waals surface area contributed by atoms with E-state index in [1.54, 1.807) is 52.0 Å². The van der Waals surface area contributed by atoms with E-state index in [1.807, 2.05) is 0 Å². The first-order valence-electron chi connectivity index (χ1n) is 9.25. The zero-order valence-corrected chi connectivity index (χ0v) is 17.4. The van der Waals surface area contributed by atoms with Crippen LogP contribution in [0.25, 0.3) is 5.57 Å². The van der Waals surface area contributed by atoms with Gasteiger partial charge in [0.1, 0.15) is 17.6 Å². The van der Waals surface area contributed by atoms with E-state index in [2.05, 4.69) is 0 Å². The van der Waals surface area contributed by atoms with Gasteiger partial charge >= 0.3 is 6.09 Å². The minimum Gasteiger partial charge on any atom is -0.444 e. The molecule has 0 aliphatic carbocycles. The fourth-order valence-electron chi connectivity index (χ4n) is 3.08. The van der Waals surface area contributed by atoms with Gasteiger partial charge in [0.15, 0.2) is 5.78 Å². The van der Waals surface area contributed by atoms with Crippen LogP contribution in [0.15, 0.2) is 30.1 Å². The van der Waals surface area contributed by atoms with Crippen molar-refractivity contribution >= 4 is 29.1 Å². The number of amides is 1. The van der Waals surface area contributed by atoms with Crippen molar-refractivity contribution in [2.45, 2.75) is 64.8 Å². The van der Waals surface area contributed by atoms with Crippen LogP contribution in [0.1, 0.15) is 52.5 Å². The Morgan fingerprint density at radius 2 is 1.96 bits per heavy atom. The Kier molecular flexibility index (Phi) is 7.21. The van der Waals surface area contributed by atoms with Gasteiger partial charge in [-0.05, 0) is 51.0 Å². The summed E-state index contributed by atoms with van der Waals surface area (Å²) in [5.41, 5.74) is 0.286. The van der Waals surface area contributed by atoms with Crippen LogP contribution in [0.5, 0.6) is 0 Å². The third-order valence-electron chi connectivity index (χ3n) is 4.51. The first-order valence-corrected chi connectivity index (χ1v) is 9.63. The molecular formula is C21H26ClF2NO3. The highest BCUT2D eigenvalue weighted by Gasteiger charge is 2.41. The van der Waals surface area contributed by atoms with E-state index in [0.29, 0.717) is 16.2 Å². The number of carbonyl (C=O) groups is 2. The molecule has 28 heavy (non-hydrogen) atoms. The lowest BCUT2D eigenvalue weighted by Crippen LogP contribution is -2.43. The molecule has 0 N–H and O–H groups in total. The van der Waals surface area contributed by atoms with Crippen LogP contribution in [0.2, 0.25) is 5.02 Å². The highest BCUT2D eigenvalue weighted by molar-refractivity contribution is 6.30. The minimum atomic E-state index is -1.30. The second-order valence-electron chi connectivity index (χ2n) is 7.99. The van der Waals surface area contributed by atoms with E-state index in [9.17, 15) is 18.4 Å². The maximum atomic E-state index is 14.5. The van der Waals surface area contributed by atoms with Gasteiger partial charge < -0.3 is 4.74 Å². The van der Waals surface area contributed by atoms with Crippen LogP contribution in [0.3, 0.4) is 0 Å². The predicted octanol–water partition coefficient (Wildman–Crippen LogP) is 5.74. The van der Waals surface area contributed by atoms with Gasteiger partial charge in [-0.15, -0.1) is 0 Å². The van der Waals surface area contributed by atoms with Crippen LogP contribution in [-0.2, 0) is 9.53 Å². The van der Waals surface area contributed by atoms with Gasteiger partial charge in [-0.2, -0.15) is 0 Å². The molecule has 0 unspecified atom stereocenters. The number of Topliss-reactive ketones (excluding diaryl/α,β-unsaturated/α-hetero) is 1. The van der Waals surface area contributed by atoms with Crippen molar-refractivity contribution in [3.8, 4) is 0 Å². The maximum Gasteiger partial charge on any atom is 0.411 e. The largest absolute Gasteiger partial charge is 0.444 e. The topological polar surface area (TPSA) is 46.6 Å². The fraction of sp³-hybridized carbons (Fsp3) is 0.524. The van der Waals surface area contributed by atoms with Gasteiger partial charge in [0.2, 0.25) is 0 Å². The Hall–Kier alpha value is -1.95. The molecular weight excluding hydrogens is 388 g/mol. The van der Waals surface area contributed by atoms with Crippen molar-refractivity contribution in [2.75, 3.05) is 6.54 Å². The number of benzene rings is 1. The Balaban J connectivity index is 2.04. The van der Waals surface area contributed by atoms with Gasteiger partial charge in [0, 0.05) is 24.3 Å². The van der Waals surface area contributed by atoms with Crippen molar-refractivity contribution in [2.24, 2.45) is 0 Å². The number of alkyl halides is 1. The molecule has 2 rings (SSSR count). The smallest absolute Gasteiger partial charge is 0.411 e. The molecule has 4 nitrogen and oxygen atoms in total. The number of carbonyl (C=O) groups excluding carboxylic acids is 2. The maximum absolute atomic E-state index is 14.5. The number of hydrogen-bond acceptors (Lipinski definition) is 3. The molecule has 0 saturated carbocycles. The summed E-state index contributed by atoms with van der Waals surface area (Å²) in [5, 5.41) is 0.494. The molecule has 1 aromatic carbocycles. The minimum absolute atomic E-state index is 0.0866. The summed E-state index contributed by atoms with van der Waals surface area (Å²) in [7, 11) is 0. The highest BCUT2D eigenvalue weighted by Crippen LogP contribution is 2.28. The van der Waals surface area contributed by atoms with Crippen LogP contribution < -0.4 is 0 Å².